The average molecular weight is 907 g/mol. The number of fused-ring (bicyclic) bond motifs is 9. The quantitative estimate of drug-likeness (QED) is 0.147. The molecule has 336 valence electrons. The second-order valence-corrected chi connectivity index (χ2v) is 19.6. The summed E-state index contributed by atoms with van der Waals surface area (Å²) in [6.45, 7) is 2.43. The Labute approximate surface area is 415 Å². The Morgan fingerprint density at radius 3 is 1.48 bits per heavy atom. The summed E-state index contributed by atoms with van der Waals surface area (Å²) in [5, 5.41) is 2.54. The molecular formula is C69H50N2. The maximum absolute atomic E-state index is 2.47. The fourth-order valence-corrected chi connectivity index (χ4v) is 12.7. The maximum Gasteiger partial charge on any atom is 0.0713 e. The van der Waals surface area contributed by atoms with Crippen molar-refractivity contribution in [1.29, 1.82) is 0 Å². The molecule has 0 fully saturated rings. The lowest BCUT2D eigenvalue weighted by Crippen LogP contribution is -2.28. The number of anilines is 3. The SMILES string of the molecule is CC1(C2=CCCC=C2)c2ccccc2-c2ccc(N(c3ccc(-c4ccc(-n5c6ccccc6c6ccccc65)cc4)cc3)c3ccc(C4(c5ccccc5)c5ccccc5-c5ccccc54)cc3)cc21. The zero-order valence-electron chi connectivity index (χ0n) is 39.6. The summed E-state index contributed by atoms with van der Waals surface area (Å²) in [7, 11) is 0. The lowest BCUT2D eigenvalue weighted by atomic mass is 9.68. The van der Waals surface area contributed by atoms with Gasteiger partial charge in [-0.05, 0) is 153 Å². The molecule has 3 aliphatic rings. The van der Waals surface area contributed by atoms with Gasteiger partial charge < -0.3 is 9.47 Å². The van der Waals surface area contributed by atoms with Gasteiger partial charge in [-0.1, -0.05) is 200 Å². The van der Waals surface area contributed by atoms with Gasteiger partial charge in [-0.15, -0.1) is 0 Å². The summed E-state index contributed by atoms with van der Waals surface area (Å²) in [5.74, 6) is 0. The van der Waals surface area contributed by atoms with E-state index in [-0.39, 0.29) is 5.41 Å². The van der Waals surface area contributed by atoms with Gasteiger partial charge in [0.1, 0.15) is 0 Å². The van der Waals surface area contributed by atoms with E-state index < -0.39 is 5.41 Å². The molecule has 2 nitrogen and oxygen atoms in total. The fraction of sp³-hybridized carbons (Fsp3) is 0.0725. The highest BCUT2D eigenvalue weighted by atomic mass is 15.1. The molecule has 3 aliphatic carbocycles. The van der Waals surface area contributed by atoms with Crippen LogP contribution < -0.4 is 4.90 Å². The molecule has 2 heteroatoms. The van der Waals surface area contributed by atoms with Crippen molar-refractivity contribution < 1.29 is 0 Å². The number of allylic oxidation sites excluding steroid dienone is 4. The standard InChI is InChI=1S/C69H50N2/c1-68(49-18-4-2-5-19-49)62-27-13-8-22-56(62)59-45-44-55(46-65(59)68)70(52-38-32-47(33-39-52)48-34-40-54(41-35-48)71-66-30-16-11-25-60(66)61-26-12-17-31-67(61)71)53-42-36-51(37-43-53)69(50-20-6-3-7-21-50)63-28-14-9-23-57(63)58-24-10-15-29-64(58)69/h3-4,6-46H,2,5H2,1H3. The number of aromatic nitrogens is 1. The second-order valence-electron chi connectivity index (χ2n) is 19.6. The number of para-hydroxylation sites is 2. The fourth-order valence-electron chi connectivity index (χ4n) is 12.7. The Morgan fingerprint density at radius 1 is 0.394 bits per heavy atom. The van der Waals surface area contributed by atoms with Crippen LogP contribution in [0, 0.1) is 0 Å². The minimum atomic E-state index is -0.473. The van der Waals surface area contributed by atoms with Crippen LogP contribution in [0.25, 0.3) is 60.9 Å². The lowest BCUT2D eigenvalue weighted by Gasteiger charge is -2.35. The number of benzene rings is 10. The van der Waals surface area contributed by atoms with Crippen LogP contribution in [0.5, 0.6) is 0 Å². The van der Waals surface area contributed by atoms with Crippen molar-refractivity contribution in [3.63, 3.8) is 0 Å². The second kappa shape index (κ2) is 16.2. The van der Waals surface area contributed by atoms with Gasteiger partial charge in [0, 0.05) is 38.9 Å². The summed E-state index contributed by atoms with van der Waals surface area (Å²) in [4.78, 5) is 2.46. The molecule has 0 saturated carbocycles. The third-order valence-corrected chi connectivity index (χ3v) is 16.0. The van der Waals surface area contributed by atoms with E-state index in [0.29, 0.717) is 0 Å². The molecule has 0 radical (unpaired) electrons. The molecule has 0 aliphatic heterocycles. The van der Waals surface area contributed by atoms with Crippen LogP contribution in [-0.4, -0.2) is 4.57 Å². The molecule has 11 aromatic rings. The van der Waals surface area contributed by atoms with E-state index >= 15 is 0 Å². The van der Waals surface area contributed by atoms with Crippen LogP contribution in [0.4, 0.5) is 17.1 Å². The third kappa shape index (κ3) is 6.14. The monoisotopic (exact) mass is 906 g/mol. The zero-order valence-corrected chi connectivity index (χ0v) is 39.6. The zero-order chi connectivity index (χ0) is 47.1. The summed E-state index contributed by atoms with van der Waals surface area (Å²) < 4.78 is 2.38. The van der Waals surface area contributed by atoms with Crippen molar-refractivity contribution in [2.24, 2.45) is 0 Å². The first-order chi connectivity index (χ1) is 35.1. The smallest absolute Gasteiger partial charge is 0.0713 e. The van der Waals surface area contributed by atoms with Gasteiger partial charge in [0.05, 0.1) is 16.4 Å². The molecule has 0 bridgehead atoms. The van der Waals surface area contributed by atoms with Gasteiger partial charge in [-0.2, -0.15) is 0 Å². The average Bonchev–Trinajstić information content (AvgIpc) is 4.04. The van der Waals surface area contributed by atoms with E-state index in [1.165, 1.54) is 94.1 Å². The normalized spacial score (nSPS) is 16.0. The molecular weight excluding hydrogens is 857 g/mol. The van der Waals surface area contributed by atoms with Gasteiger partial charge in [0.25, 0.3) is 0 Å². The van der Waals surface area contributed by atoms with Gasteiger partial charge in [0.2, 0.25) is 0 Å². The minimum absolute atomic E-state index is 0.283. The van der Waals surface area contributed by atoms with Crippen molar-refractivity contribution >= 4 is 38.9 Å². The summed E-state index contributed by atoms with van der Waals surface area (Å²) in [6.07, 6.45) is 9.33. The van der Waals surface area contributed by atoms with Crippen LogP contribution >= 0.6 is 0 Å². The van der Waals surface area contributed by atoms with Gasteiger partial charge >= 0.3 is 0 Å². The number of nitrogens with zero attached hydrogens (tertiary/aromatic N) is 2. The number of hydrogen-bond donors (Lipinski definition) is 0. The topological polar surface area (TPSA) is 8.17 Å². The first kappa shape index (κ1) is 41.3. The number of rotatable bonds is 8. The maximum atomic E-state index is 2.47. The van der Waals surface area contributed by atoms with Crippen LogP contribution in [0.15, 0.2) is 266 Å². The molecule has 0 amide bonds. The van der Waals surface area contributed by atoms with Crippen molar-refractivity contribution in [3.8, 4) is 39.1 Å². The molecule has 0 N–H and O–H groups in total. The highest BCUT2D eigenvalue weighted by Crippen LogP contribution is 2.57. The predicted molar refractivity (Wildman–Crippen MR) is 297 cm³/mol. The Bertz CT molecular complexity index is 3830. The van der Waals surface area contributed by atoms with Crippen LogP contribution in [0.3, 0.4) is 0 Å². The lowest BCUT2D eigenvalue weighted by molar-refractivity contribution is 0.701. The van der Waals surface area contributed by atoms with E-state index in [0.717, 1.165) is 35.6 Å². The summed E-state index contributed by atoms with van der Waals surface area (Å²) >= 11 is 0. The molecule has 0 saturated heterocycles. The molecule has 71 heavy (non-hydrogen) atoms. The van der Waals surface area contributed by atoms with E-state index in [9.17, 15) is 0 Å². The Kier molecular flexibility index (Phi) is 9.41. The van der Waals surface area contributed by atoms with E-state index in [1.54, 1.807) is 0 Å². The molecule has 1 unspecified atom stereocenters. The van der Waals surface area contributed by atoms with Crippen LogP contribution in [0.2, 0.25) is 0 Å². The van der Waals surface area contributed by atoms with Crippen LogP contribution in [0.1, 0.15) is 53.1 Å². The molecule has 14 rings (SSSR count). The van der Waals surface area contributed by atoms with E-state index in [4.69, 9.17) is 0 Å². The third-order valence-electron chi connectivity index (χ3n) is 16.0. The first-order valence-corrected chi connectivity index (χ1v) is 25.1. The Morgan fingerprint density at radius 2 is 0.873 bits per heavy atom. The number of hydrogen-bond acceptors (Lipinski definition) is 1. The van der Waals surface area contributed by atoms with Crippen molar-refractivity contribution in [1.82, 2.24) is 4.57 Å². The molecule has 10 aromatic carbocycles. The highest BCUT2D eigenvalue weighted by Gasteiger charge is 2.46. The van der Waals surface area contributed by atoms with Gasteiger partial charge in [-0.25, -0.2) is 0 Å². The highest BCUT2D eigenvalue weighted by molar-refractivity contribution is 6.09. The van der Waals surface area contributed by atoms with Crippen molar-refractivity contribution in [2.75, 3.05) is 4.90 Å². The van der Waals surface area contributed by atoms with Crippen LogP contribution in [-0.2, 0) is 10.8 Å². The van der Waals surface area contributed by atoms with Gasteiger partial charge in [0.15, 0.2) is 0 Å². The first-order valence-electron chi connectivity index (χ1n) is 25.1. The molecule has 1 atom stereocenters. The van der Waals surface area contributed by atoms with Gasteiger partial charge in [-0.3, -0.25) is 0 Å². The van der Waals surface area contributed by atoms with E-state index in [2.05, 4.69) is 277 Å². The molecule has 0 spiro atoms. The van der Waals surface area contributed by atoms with E-state index in [1.807, 2.05) is 0 Å². The molecule has 1 aromatic heterocycles. The van der Waals surface area contributed by atoms with Crippen molar-refractivity contribution in [3.05, 3.63) is 300 Å². The summed E-state index contributed by atoms with van der Waals surface area (Å²) in [6, 6.07) is 90.4. The molecule has 1 heterocycles. The largest absolute Gasteiger partial charge is 0.310 e. The predicted octanol–water partition coefficient (Wildman–Crippen LogP) is 17.8. The Hall–Kier alpha value is -8.72. The Balaban J connectivity index is 0.900. The summed E-state index contributed by atoms with van der Waals surface area (Å²) in [5.41, 5.74) is 23.0. The minimum Gasteiger partial charge on any atom is -0.310 e. The van der Waals surface area contributed by atoms with Crippen molar-refractivity contribution in [2.45, 2.75) is 30.6 Å².